The number of amides is 1. The molecule has 0 aliphatic rings. The molecule has 2 rings (SSSR count). The summed E-state index contributed by atoms with van der Waals surface area (Å²) in [5.74, 6) is -0.152. The Morgan fingerprint density at radius 2 is 2.31 bits per heavy atom. The van der Waals surface area contributed by atoms with Crippen molar-refractivity contribution in [3.63, 3.8) is 0 Å². The van der Waals surface area contributed by atoms with E-state index in [0.717, 1.165) is 9.35 Å². The van der Waals surface area contributed by atoms with Crippen molar-refractivity contribution in [2.75, 3.05) is 0 Å². The van der Waals surface area contributed by atoms with Crippen LogP contribution in [0.15, 0.2) is 40.3 Å². The first-order chi connectivity index (χ1) is 7.75. The van der Waals surface area contributed by atoms with E-state index >= 15 is 0 Å². The lowest BCUT2D eigenvalue weighted by Gasteiger charge is -2.02. The number of aromatic nitrogens is 1. The minimum absolute atomic E-state index is 0.152. The smallest absolute Gasteiger partial charge is 0.270 e. The molecule has 1 N–H and O–H groups in total. The molecule has 82 valence electrons. The molecule has 0 radical (unpaired) electrons. The van der Waals surface area contributed by atoms with E-state index in [1.54, 1.807) is 29.7 Å². The molecular formula is C11H9BrN2OS. The van der Waals surface area contributed by atoms with Crippen LogP contribution in [0.1, 0.15) is 15.4 Å². The highest BCUT2D eigenvalue weighted by Gasteiger charge is 2.06. The van der Waals surface area contributed by atoms with Crippen LogP contribution in [-0.2, 0) is 6.54 Å². The maximum absolute atomic E-state index is 11.7. The highest BCUT2D eigenvalue weighted by Crippen LogP contribution is 2.09. The number of carbonyl (C=O) groups is 1. The SMILES string of the molecule is O=C(NCc1cccs1)c1ccc(Br)cn1. The average molecular weight is 297 g/mol. The molecule has 0 atom stereocenters. The molecule has 0 bridgehead atoms. The van der Waals surface area contributed by atoms with Crippen molar-refractivity contribution >= 4 is 33.2 Å². The Balaban J connectivity index is 1.95. The highest BCUT2D eigenvalue weighted by molar-refractivity contribution is 9.10. The van der Waals surface area contributed by atoms with E-state index in [4.69, 9.17) is 0 Å². The van der Waals surface area contributed by atoms with Gasteiger partial charge in [0.2, 0.25) is 0 Å². The van der Waals surface area contributed by atoms with Crippen LogP contribution < -0.4 is 5.32 Å². The summed E-state index contributed by atoms with van der Waals surface area (Å²) in [4.78, 5) is 16.8. The Hall–Kier alpha value is -1.20. The fourth-order valence-corrected chi connectivity index (χ4v) is 2.06. The van der Waals surface area contributed by atoms with E-state index in [1.165, 1.54) is 0 Å². The molecule has 0 fully saturated rings. The van der Waals surface area contributed by atoms with Gasteiger partial charge >= 0.3 is 0 Å². The Morgan fingerprint density at radius 3 is 2.94 bits per heavy atom. The van der Waals surface area contributed by atoms with E-state index < -0.39 is 0 Å². The highest BCUT2D eigenvalue weighted by atomic mass is 79.9. The van der Waals surface area contributed by atoms with Gasteiger partial charge < -0.3 is 5.32 Å². The number of carbonyl (C=O) groups excluding carboxylic acids is 1. The number of pyridine rings is 1. The third-order valence-electron chi connectivity index (χ3n) is 1.96. The third-order valence-corrected chi connectivity index (χ3v) is 3.31. The normalized spacial score (nSPS) is 10.1. The predicted octanol–water partition coefficient (Wildman–Crippen LogP) is 2.84. The fourth-order valence-electron chi connectivity index (χ4n) is 1.18. The van der Waals surface area contributed by atoms with Crippen LogP contribution >= 0.6 is 27.3 Å². The van der Waals surface area contributed by atoms with Gasteiger partial charge in [-0.3, -0.25) is 4.79 Å². The zero-order valence-corrected chi connectivity index (χ0v) is 10.7. The molecule has 2 aromatic heterocycles. The minimum Gasteiger partial charge on any atom is -0.346 e. The van der Waals surface area contributed by atoms with Gasteiger partial charge in [0.15, 0.2) is 0 Å². The quantitative estimate of drug-likeness (QED) is 0.946. The van der Waals surface area contributed by atoms with E-state index in [2.05, 4.69) is 26.2 Å². The number of hydrogen-bond donors (Lipinski definition) is 1. The van der Waals surface area contributed by atoms with E-state index in [1.807, 2.05) is 17.5 Å². The van der Waals surface area contributed by atoms with E-state index in [0.29, 0.717) is 12.2 Å². The summed E-state index contributed by atoms with van der Waals surface area (Å²) in [6.07, 6.45) is 1.61. The van der Waals surface area contributed by atoms with Crippen LogP contribution in [0.25, 0.3) is 0 Å². The zero-order valence-electron chi connectivity index (χ0n) is 8.31. The number of rotatable bonds is 3. The molecule has 0 aliphatic heterocycles. The van der Waals surface area contributed by atoms with Crippen molar-refractivity contribution < 1.29 is 4.79 Å². The molecule has 1 amide bonds. The van der Waals surface area contributed by atoms with E-state index in [-0.39, 0.29) is 5.91 Å². The second kappa shape index (κ2) is 5.23. The van der Waals surface area contributed by atoms with Crippen molar-refractivity contribution in [3.8, 4) is 0 Å². The van der Waals surface area contributed by atoms with Crippen LogP contribution in [0.5, 0.6) is 0 Å². The second-order valence-electron chi connectivity index (χ2n) is 3.12. The Labute approximate surface area is 106 Å². The molecule has 0 aromatic carbocycles. The van der Waals surface area contributed by atoms with Crippen molar-refractivity contribution in [1.82, 2.24) is 10.3 Å². The average Bonchev–Trinajstić information content (AvgIpc) is 2.80. The zero-order chi connectivity index (χ0) is 11.4. The monoisotopic (exact) mass is 296 g/mol. The Kier molecular flexibility index (Phi) is 3.69. The molecule has 0 aliphatic carbocycles. The van der Waals surface area contributed by atoms with Crippen LogP contribution in [0.4, 0.5) is 0 Å². The number of hydrogen-bond acceptors (Lipinski definition) is 3. The number of halogens is 1. The number of nitrogens with one attached hydrogen (secondary N) is 1. The molecule has 0 spiro atoms. The van der Waals surface area contributed by atoms with Crippen LogP contribution in [0, 0.1) is 0 Å². The third kappa shape index (κ3) is 2.90. The lowest BCUT2D eigenvalue weighted by atomic mass is 10.3. The largest absolute Gasteiger partial charge is 0.346 e. The molecule has 0 saturated heterocycles. The summed E-state index contributed by atoms with van der Waals surface area (Å²) >= 11 is 4.89. The summed E-state index contributed by atoms with van der Waals surface area (Å²) < 4.78 is 0.863. The van der Waals surface area contributed by atoms with Crippen molar-refractivity contribution in [3.05, 3.63) is 50.9 Å². The first-order valence-electron chi connectivity index (χ1n) is 4.68. The fraction of sp³-hybridized carbons (Fsp3) is 0.0909. The molecule has 3 nitrogen and oxygen atoms in total. The summed E-state index contributed by atoms with van der Waals surface area (Å²) in [5.41, 5.74) is 0.430. The van der Waals surface area contributed by atoms with Gasteiger partial charge in [-0.05, 0) is 39.5 Å². The topological polar surface area (TPSA) is 42.0 Å². The van der Waals surface area contributed by atoms with Gasteiger partial charge in [-0.25, -0.2) is 4.98 Å². The molecule has 0 saturated carbocycles. The molecule has 0 unspecified atom stereocenters. The first-order valence-corrected chi connectivity index (χ1v) is 6.35. The Morgan fingerprint density at radius 1 is 1.44 bits per heavy atom. The molecule has 2 aromatic rings. The molecule has 2 heterocycles. The summed E-state index contributed by atoms with van der Waals surface area (Å²) in [7, 11) is 0. The Bertz CT molecular complexity index is 467. The van der Waals surface area contributed by atoms with Gasteiger partial charge in [0, 0.05) is 15.5 Å². The van der Waals surface area contributed by atoms with Crippen LogP contribution in [-0.4, -0.2) is 10.9 Å². The van der Waals surface area contributed by atoms with Gasteiger partial charge in [0.1, 0.15) is 5.69 Å². The number of nitrogens with zero attached hydrogens (tertiary/aromatic N) is 1. The molecule has 5 heteroatoms. The predicted molar refractivity (Wildman–Crippen MR) is 67.4 cm³/mol. The minimum atomic E-state index is -0.152. The van der Waals surface area contributed by atoms with Gasteiger partial charge in [-0.1, -0.05) is 6.07 Å². The maximum Gasteiger partial charge on any atom is 0.270 e. The van der Waals surface area contributed by atoms with Crippen LogP contribution in [0.2, 0.25) is 0 Å². The van der Waals surface area contributed by atoms with E-state index in [9.17, 15) is 4.79 Å². The van der Waals surface area contributed by atoms with Gasteiger partial charge in [0.05, 0.1) is 6.54 Å². The van der Waals surface area contributed by atoms with Crippen molar-refractivity contribution in [2.45, 2.75) is 6.54 Å². The lowest BCUT2D eigenvalue weighted by molar-refractivity contribution is 0.0946. The summed E-state index contributed by atoms with van der Waals surface area (Å²) in [6, 6.07) is 7.44. The van der Waals surface area contributed by atoms with Gasteiger partial charge in [0.25, 0.3) is 5.91 Å². The van der Waals surface area contributed by atoms with Crippen LogP contribution in [0.3, 0.4) is 0 Å². The summed E-state index contributed by atoms with van der Waals surface area (Å²) in [6.45, 7) is 0.550. The molecule has 16 heavy (non-hydrogen) atoms. The second-order valence-corrected chi connectivity index (χ2v) is 5.07. The lowest BCUT2D eigenvalue weighted by Crippen LogP contribution is -2.23. The van der Waals surface area contributed by atoms with Crippen molar-refractivity contribution in [1.29, 1.82) is 0 Å². The van der Waals surface area contributed by atoms with Gasteiger partial charge in [-0.2, -0.15) is 0 Å². The summed E-state index contributed by atoms with van der Waals surface area (Å²) in [5, 5.41) is 4.80. The maximum atomic E-state index is 11.7. The van der Waals surface area contributed by atoms with Crippen molar-refractivity contribution in [2.24, 2.45) is 0 Å². The first kappa shape index (κ1) is 11.3. The number of thiophene rings is 1. The molecular weight excluding hydrogens is 288 g/mol. The standard InChI is InChI=1S/C11H9BrN2OS/c12-8-3-4-10(13-6-8)11(15)14-7-9-2-1-5-16-9/h1-6H,7H2,(H,14,15). The van der Waals surface area contributed by atoms with Gasteiger partial charge in [-0.15, -0.1) is 11.3 Å².